The molecule has 0 radical (unpaired) electrons. The predicted molar refractivity (Wildman–Crippen MR) is 129 cm³/mol. The summed E-state index contributed by atoms with van der Waals surface area (Å²) in [6, 6.07) is 22.0. The first-order valence-electron chi connectivity index (χ1n) is 11.2. The van der Waals surface area contributed by atoms with Crippen LogP contribution in [0.25, 0.3) is 11.1 Å². The van der Waals surface area contributed by atoms with Crippen molar-refractivity contribution in [2.75, 3.05) is 20.3 Å². The fourth-order valence-corrected chi connectivity index (χ4v) is 5.15. The first-order chi connectivity index (χ1) is 16.8. The van der Waals surface area contributed by atoms with Gasteiger partial charge in [0.05, 0.1) is 31.0 Å². The molecule has 1 aliphatic rings. The summed E-state index contributed by atoms with van der Waals surface area (Å²) >= 11 is 0. The maximum absolute atomic E-state index is 12.7. The van der Waals surface area contributed by atoms with E-state index in [-0.39, 0.29) is 23.8 Å². The molecule has 0 spiro atoms. The van der Waals surface area contributed by atoms with Crippen molar-refractivity contribution in [1.29, 1.82) is 0 Å². The molecule has 8 heteroatoms. The highest BCUT2D eigenvalue weighted by molar-refractivity contribution is 7.86. The highest BCUT2D eigenvalue weighted by Crippen LogP contribution is 2.44. The summed E-state index contributed by atoms with van der Waals surface area (Å²) in [5, 5.41) is 0. The second kappa shape index (κ2) is 10.4. The van der Waals surface area contributed by atoms with E-state index in [9.17, 15) is 18.0 Å². The summed E-state index contributed by atoms with van der Waals surface area (Å²) in [6.07, 6.45) is -0.369. The van der Waals surface area contributed by atoms with Gasteiger partial charge in [0.1, 0.15) is 6.61 Å². The van der Waals surface area contributed by atoms with E-state index < -0.39 is 34.6 Å². The van der Waals surface area contributed by atoms with Gasteiger partial charge < -0.3 is 9.47 Å². The fourth-order valence-electron chi connectivity index (χ4n) is 4.20. The van der Waals surface area contributed by atoms with Crippen molar-refractivity contribution in [2.24, 2.45) is 5.92 Å². The summed E-state index contributed by atoms with van der Waals surface area (Å²) in [5.41, 5.74) is 5.24. The Hall–Kier alpha value is -3.49. The van der Waals surface area contributed by atoms with Gasteiger partial charge in [-0.25, -0.2) is 0 Å². The van der Waals surface area contributed by atoms with Gasteiger partial charge in [-0.3, -0.25) is 13.8 Å². The number of rotatable bonds is 9. The molecule has 0 N–H and O–H groups in total. The molecule has 1 atom stereocenters. The number of ether oxygens (including phenoxy) is 2. The number of methoxy groups -OCH3 is 1. The van der Waals surface area contributed by atoms with Gasteiger partial charge in [0, 0.05) is 5.92 Å². The molecule has 0 fully saturated rings. The summed E-state index contributed by atoms with van der Waals surface area (Å²) in [5.74, 6) is -2.65. The van der Waals surface area contributed by atoms with Gasteiger partial charge >= 0.3 is 11.9 Å². The van der Waals surface area contributed by atoms with Crippen LogP contribution in [0.4, 0.5) is 0 Å². The third-order valence-corrected chi connectivity index (χ3v) is 7.35. The molecule has 3 aromatic rings. The van der Waals surface area contributed by atoms with Crippen LogP contribution >= 0.6 is 0 Å². The normalized spacial score (nSPS) is 13.5. The Morgan fingerprint density at radius 3 is 2.03 bits per heavy atom. The van der Waals surface area contributed by atoms with Gasteiger partial charge in [0.25, 0.3) is 10.1 Å². The molecule has 1 aliphatic carbocycles. The third-order valence-electron chi connectivity index (χ3n) is 6.06. The van der Waals surface area contributed by atoms with E-state index in [1.807, 2.05) is 55.5 Å². The average Bonchev–Trinajstić information content (AvgIpc) is 3.18. The van der Waals surface area contributed by atoms with Crippen molar-refractivity contribution in [3.8, 4) is 11.1 Å². The van der Waals surface area contributed by atoms with Crippen molar-refractivity contribution in [3.63, 3.8) is 0 Å². The van der Waals surface area contributed by atoms with Crippen molar-refractivity contribution in [3.05, 3.63) is 89.5 Å². The number of benzene rings is 3. The molecule has 0 amide bonds. The molecule has 0 saturated heterocycles. The quantitative estimate of drug-likeness (QED) is 0.324. The second-order valence-electron chi connectivity index (χ2n) is 8.39. The van der Waals surface area contributed by atoms with Crippen molar-refractivity contribution < 1.29 is 31.7 Å². The zero-order chi connectivity index (χ0) is 25.0. The van der Waals surface area contributed by atoms with Gasteiger partial charge in [0.15, 0.2) is 0 Å². The Balaban J connectivity index is 1.41. The van der Waals surface area contributed by atoms with E-state index in [0.717, 1.165) is 27.8 Å². The van der Waals surface area contributed by atoms with E-state index in [0.29, 0.717) is 0 Å². The zero-order valence-electron chi connectivity index (χ0n) is 19.5. The third kappa shape index (κ3) is 5.44. The summed E-state index contributed by atoms with van der Waals surface area (Å²) in [6.45, 7) is 1.40. The monoisotopic (exact) mass is 494 g/mol. The summed E-state index contributed by atoms with van der Waals surface area (Å²) in [7, 11) is -2.93. The number of hydrogen-bond acceptors (Lipinski definition) is 7. The van der Waals surface area contributed by atoms with E-state index in [2.05, 4.69) is 0 Å². The number of hydrogen-bond donors (Lipinski definition) is 0. The van der Waals surface area contributed by atoms with Crippen LogP contribution in [-0.2, 0) is 33.4 Å². The molecule has 0 bridgehead atoms. The van der Waals surface area contributed by atoms with Crippen molar-refractivity contribution in [1.82, 2.24) is 0 Å². The minimum absolute atomic E-state index is 0.0344. The molecule has 182 valence electrons. The van der Waals surface area contributed by atoms with Crippen molar-refractivity contribution >= 4 is 22.1 Å². The molecule has 0 saturated carbocycles. The maximum Gasteiger partial charge on any atom is 0.311 e. The van der Waals surface area contributed by atoms with Gasteiger partial charge in [-0.2, -0.15) is 8.42 Å². The largest absolute Gasteiger partial charge is 0.469 e. The van der Waals surface area contributed by atoms with E-state index in [1.165, 1.54) is 19.2 Å². The first-order valence-corrected chi connectivity index (χ1v) is 12.6. The lowest BCUT2D eigenvalue weighted by atomic mass is 9.98. The van der Waals surface area contributed by atoms with E-state index in [4.69, 9.17) is 13.7 Å². The lowest BCUT2D eigenvalue weighted by Gasteiger charge is -2.17. The number of carbonyl (C=O) groups is 2. The summed E-state index contributed by atoms with van der Waals surface area (Å²) < 4.78 is 40.3. The number of esters is 2. The van der Waals surface area contributed by atoms with Crippen LogP contribution in [0.3, 0.4) is 0 Å². The van der Waals surface area contributed by atoms with Gasteiger partial charge in [-0.05, 0) is 41.3 Å². The van der Waals surface area contributed by atoms with Crippen LogP contribution in [0.15, 0.2) is 77.7 Å². The lowest BCUT2D eigenvalue weighted by molar-refractivity contribution is -0.154. The zero-order valence-corrected chi connectivity index (χ0v) is 20.3. The van der Waals surface area contributed by atoms with E-state index >= 15 is 0 Å². The van der Waals surface area contributed by atoms with Crippen LogP contribution < -0.4 is 0 Å². The van der Waals surface area contributed by atoms with Gasteiger partial charge in [-0.1, -0.05) is 66.2 Å². The smallest absolute Gasteiger partial charge is 0.311 e. The van der Waals surface area contributed by atoms with Crippen LogP contribution in [0, 0.1) is 12.8 Å². The predicted octanol–water partition coefficient (Wildman–Crippen LogP) is 4.24. The maximum atomic E-state index is 12.7. The minimum Gasteiger partial charge on any atom is -0.469 e. The molecule has 7 nitrogen and oxygen atoms in total. The topological polar surface area (TPSA) is 96.0 Å². The number of aryl methyl sites for hydroxylation is 1. The SMILES string of the molecule is COC(=O)[C@H](COS(=O)(=O)c1ccc(C)cc1)CC(=O)OCC1c2ccccc2-c2ccccc21. The Kier molecular flexibility index (Phi) is 7.33. The van der Waals surface area contributed by atoms with Crippen molar-refractivity contribution in [2.45, 2.75) is 24.2 Å². The standard InChI is InChI=1S/C27H26O7S/c1-18-11-13-20(14-12-18)35(30,31)34-16-19(27(29)32-2)15-26(28)33-17-25-23-9-5-3-7-21(23)22-8-4-6-10-24(22)25/h3-14,19,25H,15-17H2,1-2H3/t19-/m0/s1. The van der Waals surface area contributed by atoms with E-state index in [1.54, 1.807) is 12.1 Å². The lowest BCUT2D eigenvalue weighted by Crippen LogP contribution is -2.27. The Morgan fingerprint density at radius 2 is 1.46 bits per heavy atom. The number of carbonyl (C=O) groups excluding carboxylic acids is 2. The first kappa shape index (κ1) is 24.6. The van der Waals surface area contributed by atoms with Gasteiger partial charge in [-0.15, -0.1) is 0 Å². The molecule has 0 heterocycles. The van der Waals surface area contributed by atoms with Crippen LogP contribution in [-0.4, -0.2) is 40.7 Å². The van der Waals surface area contributed by atoms with Crippen LogP contribution in [0.5, 0.6) is 0 Å². The number of fused-ring (bicyclic) bond motifs is 3. The molecule has 3 aromatic carbocycles. The van der Waals surface area contributed by atoms with Crippen LogP contribution in [0.1, 0.15) is 29.0 Å². The molecule has 35 heavy (non-hydrogen) atoms. The summed E-state index contributed by atoms with van der Waals surface area (Å²) in [4.78, 5) is 24.8. The Bertz CT molecular complexity index is 1280. The van der Waals surface area contributed by atoms with Crippen LogP contribution in [0.2, 0.25) is 0 Å². The average molecular weight is 495 g/mol. The Morgan fingerprint density at radius 1 is 0.886 bits per heavy atom. The minimum atomic E-state index is -4.10. The van der Waals surface area contributed by atoms with Gasteiger partial charge in [0.2, 0.25) is 0 Å². The highest BCUT2D eigenvalue weighted by Gasteiger charge is 2.31. The second-order valence-corrected chi connectivity index (χ2v) is 10.0. The molecule has 0 aliphatic heterocycles. The Labute approximate surface area is 204 Å². The molecule has 4 rings (SSSR count). The highest BCUT2D eigenvalue weighted by atomic mass is 32.2. The molecule has 0 aromatic heterocycles. The molecular weight excluding hydrogens is 468 g/mol. The molecular formula is C27H26O7S. The fraction of sp³-hybridized carbons (Fsp3) is 0.259. The molecule has 0 unspecified atom stereocenters.